The van der Waals surface area contributed by atoms with E-state index in [1.165, 1.54) is 11.1 Å². The van der Waals surface area contributed by atoms with Crippen molar-refractivity contribution < 1.29 is 14.3 Å². The molecule has 2 aromatic rings. The van der Waals surface area contributed by atoms with Gasteiger partial charge in [-0.2, -0.15) is 0 Å². The third-order valence-electron chi connectivity index (χ3n) is 5.00. The van der Waals surface area contributed by atoms with Gasteiger partial charge in [-0.05, 0) is 56.1 Å². The second-order valence-electron chi connectivity index (χ2n) is 6.95. The quantitative estimate of drug-likeness (QED) is 0.914. The van der Waals surface area contributed by atoms with Gasteiger partial charge in [-0.1, -0.05) is 23.8 Å². The van der Waals surface area contributed by atoms with Gasteiger partial charge in [-0.3, -0.25) is 9.69 Å². The van der Waals surface area contributed by atoms with Crippen LogP contribution in [0.15, 0.2) is 42.5 Å². The Labute approximate surface area is 153 Å². The van der Waals surface area contributed by atoms with Crippen LogP contribution in [0.25, 0.3) is 0 Å². The van der Waals surface area contributed by atoms with E-state index in [-0.39, 0.29) is 11.9 Å². The minimum absolute atomic E-state index is 0.0262. The minimum Gasteiger partial charge on any atom is -0.486 e. The first-order valence-corrected chi connectivity index (χ1v) is 9.19. The molecule has 0 radical (unpaired) electrons. The number of nitrogens with one attached hydrogen (secondary N) is 1. The summed E-state index contributed by atoms with van der Waals surface area (Å²) in [4.78, 5) is 14.7. The molecule has 5 nitrogen and oxygen atoms in total. The highest BCUT2D eigenvalue weighted by Gasteiger charge is 2.28. The summed E-state index contributed by atoms with van der Waals surface area (Å²) in [7, 11) is 0. The van der Waals surface area contributed by atoms with Gasteiger partial charge in [0.15, 0.2) is 11.5 Å². The summed E-state index contributed by atoms with van der Waals surface area (Å²) in [6.45, 7) is 4.55. The number of hydrogen-bond acceptors (Lipinski definition) is 4. The molecular weight excluding hydrogens is 328 g/mol. The van der Waals surface area contributed by atoms with Crippen molar-refractivity contribution in [2.45, 2.75) is 25.8 Å². The SMILES string of the molecule is Cc1ccc(NC(=O)CN2CCC[C@@H]2c2ccc3c(c2)OCCO3)cc1. The molecule has 1 atom stereocenters. The van der Waals surface area contributed by atoms with Gasteiger partial charge in [-0.25, -0.2) is 0 Å². The van der Waals surface area contributed by atoms with Gasteiger partial charge < -0.3 is 14.8 Å². The first kappa shape index (κ1) is 16.9. The van der Waals surface area contributed by atoms with Gasteiger partial charge in [0.2, 0.25) is 5.91 Å². The smallest absolute Gasteiger partial charge is 0.238 e. The second kappa shape index (κ2) is 7.38. The molecule has 4 rings (SSSR count). The Morgan fingerprint density at radius 1 is 1.12 bits per heavy atom. The van der Waals surface area contributed by atoms with Gasteiger partial charge >= 0.3 is 0 Å². The van der Waals surface area contributed by atoms with Crippen LogP contribution in [0, 0.1) is 6.92 Å². The lowest BCUT2D eigenvalue weighted by Crippen LogP contribution is -2.33. The number of fused-ring (bicyclic) bond motifs is 1. The normalized spacial score (nSPS) is 19.3. The highest BCUT2D eigenvalue weighted by Crippen LogP contribution is 2.37. The molecule has 0 aromatic heterocycles. The van der Waals surface area contributed by atoms with E-state index in [9.17, 15) is 4.79 Å². The van der Waals surface area contributed by atoms with Gasteiger partial charge in [0.05, 0.1) is 6.54 Å². The van der Waals surface area contributed by atoms with Crippen LogP contribution in [0.4, 0.5) is 5.69 Å². The first-order chi connectivity index (χ1) is 12.7. The number of amides is 1. The highest BCUT2D eigenvalue weighted by atomic mass is 16.6. The van der Waals surface area contributed by atoms with E-state index in [1.54, 1.807) is 0 Å². The topological polar surface area (TPSA) is 50.8 Å². The number of likely N-dealkylation sites (tertiary alicyclic amines) is 1. The lowest BCUT2D eigenvalue weighted by molar-refractivity contribution is -0.117. The third-order valence-corrected chi connectivity index (χ3v) is 5.00. The number of aryl methyl sites for hydroxylation is 1. The fourth-order valence-electron chi connectivity index (χ4n) is 3.68. The number of anilines is 1. The molecular formula is C21H24N2O3. The summed E-state index contributed by atoms with van der Waals surface area (Å²) in [6.07, 6.45) is 2.15. The predicted molar refractivity (Wildman–Crippen MR) is 101 cm³/mol. The number of ether oxygens (including phenoxy) is 2. The summed E-state index contributed by atoms with van der Waals surface area (Å²) >= 11 is 0. The van der Waals surface area contributed by atoms with Crippen LogP contribution in [-0.2, 0) is 4.79 Å². The fourth-order valence-corrected chi connectivity index (χ4v) is 3.68. The molecule has 0 bridgehead atoms. The van der Waals surface area contributed by atoms with E-state index < -0.39 is 0 Å². The molecule has 0 saturated carbocycles. The van der Waals surface area contributed by atoms with Crippen LogP contribution in [0.1, 0.15) is 30.0 Å². The predicted octanol–water partition coefficient (Wildman–Crippen LogP) is 3.54. The maximum absolute atomic E-state index is 12.5. The zero-order valence-corrected chi connectivity index (χ0v) is 15.0. The van der Waals surface area contributed by atoms with Crippen molar-refractivity contribution in [2.24, 2.45) is 0 Å². The monoisotopic (exact) mass is 352 g/mol. The molecule has 1 saturated heterocycles. The Bertz CT molecular complexity index is 788. The Balaban J connectivity index is 1.43. The van der Waals surface area contributed by atoms with Crippen molar-refractivity contribution >= 4 is 11.6 Å². The minimum atomic E-state index is 0.0262. The molecule has 2 aliphatic heterocycles. The van der Waals surface area contributed by atoms with E-state index in [4.69, 9.17) is 9.47 Å². The number of rotatable bonds is 4. The van der Waals surface area contributed by atoms with Crippen molar-refractivity contribution in [2.75, 3.05) is 31.6 Å². The maximum atomic E-state index is 12.5. The Morgan fingerprint density at radius 3 is 2.69 bits per heavy atom. The number of benzene rings is 2. The number of nitrogens with zero attached hydrogens (tertiary/aromatic N) is 1. The Kier molecular flexibility index (Phi) is 4.80. The molecule has 0 spiro atoms. The number of carbonyl (C=O) groups excluding carboxylic acids is 1. The molecule has 1 N–H and O–H groups in total. The van der Waals surface area contributed by atoms with Crippen molar-refractivity contribution in [1.82, 2.24) is 4.90 Å². The van der Waals surface area contributed by atoms with Crippen LogP contribution in [0.3, 0.4) is 0 Å². The average Bonchev–Trinajstić information content (AvgIpc) is 3.11. The second-order valence-corrected chi connectivity index (χ2v) is 6.95. The number of hydrogen-bond donors (Lipinski definition) is 1. The van der Waals surface area contributed by atoms with Gasteiger partial charge in [0, 0.05) is 11.7 Å². The van der Waals surface area contributed by atoms with E-state index >= 15 is 0 Å². The molecule has 1 fully saturated rings. The zero-order chi connectivity index (χ0) is 17.9. The van der Waals surface area contributed by atoms with Crippen molar-refractivity contribution in [1.29, 1.82) is 0 Å². The van der Waals surface area contributed by atoms with Crippen LogP contribution in [0.5, 0.6) is 11.5 Å². The van der Waals surface area contributed by atoms with Crippen molar-refractivity contribution in [3.8, 4) is 11.5 Å². The summed E-state index contributed by atoms with van der Waals surface area (Å²) in [5.41, 5.74) is 3.21. The van der Waals surface area contributed by atoms with Gasteiger partial charge in [0.25, 0.3) is 0 Å². The molecule has 0 aliphatic carbocycles. The summed E-state index contributed by atoms with van der Waals surface area (Å²) < 4.78 is 11.3. The standard InChI is InChI=1S/C21H24N2O3/c1-15-4-7-17(8-5-15)22-21(24)14-23-10-2-3-18(23)16-6-9-19-20(13-16)26-12-11-25-19/h4-9,13,18H,2-3,10-12,14H2,1H3,(H,22,24)/t18-/m1/s1. The average molecular weight is 352 g/mol. The van der Waals surface area contributed by atoms with Crippen molar-refractivity contribution in [3.63, 3.8) is 0 Å². The Morgan fingerprint density at radius 2 is 1.88 bits per heavy atom. The summed E-state index contributed by atoms with van der Waals surface area (Å²) in [6, 6.07) is 14.3. The van der Waals surface area contributed by atoms with Crippen LogP contribution < -0.4 is 14.8 Å². The fraction of sp³-hybridized carbons (Fsp3) is 0.381. The highest BCUT2D eigenvalue weighted by molar-refractivity contribution is 5.92. The molecule has 5 heteroatoms. The third kappa shape index (κ3) is 3.68. The molecule has 26 heavy (non-hydrogen) atoms. The lowest BCUT2D eigenvalue weighted by atomic mass is 10.0. The van der Waals surface area contributed by atoms with Crippen LogP contribution in [0.2, 0.25) is 0 Å². The first-order valence-electron chi connectivity index (χ1n) is 9.19. The van der Waals surface area contributed by atoms with Crippen LogP contribution >= 0.6 is 0 Å². The van der Waals surface area contributed by atoms with Crippen molar-refractivity contribution in [3.05, 3.63) is 53.6 Å². The van der Waals surface area contributed by atoms with E-state index in [2.05, 4.69) is 22.3 Å². The van der Waals surface area contributed by atoms with E-state index in [0.717, 1.165) is 36.6 Å². The summed E-state index contributed by atoms with van der Waals surface area (Å²) in [5.74, 6) is 1.64. The van der Waals surface area contributed by atoms with E-state index in [0.29, 0.717) is 19.8 Å². The zero-order valence-electron chi connectivity index (χ0n) is 15.0. The molecule has 2 aromatic carbocycles. The Hall–Kier alpha value is -2.53. The molecule has 0 unspecified atom stereocenters. The lowest BCUT2D eigenvalue weighted by Gasteiger charge is -2.26. The van der Waals surface area contributed by atoms with E-state index in [1.807, 2.05) is 37.3 Å². The maximum Gasteiger partial charge on any atom is 0.238 e. The largest absolute Gasteiger partial charge is 0.486 e. The van der Waals surface area contributed by atoms with Gasteiger partial charge in [-0.15, -0.1) is 0 Å². The molecule has 2 aliphatic rings. The molecule has 1 amide bonds. The molecule has 136 valence electrons. The molecule has 2 heterocycles. The van der Waals surface area contributed by atoms with Gasteiger partial charge in [0.1, 0.15) is 13.2 Å². The van der Waals surface area contributed by atoms with Crippen LogP contribution in [-0.4, -0.2) is 37.1 Å². The number of carbonyl (C=O) groups is 1. The summed E-state index contributed by atoms with van der Waals surface area (Å²) in [5, 5.41) is 2.99.